The minimum absolute atomic E-state index is 0.0526. The Labute approximate surface area is 164 Å². The molecular weight excluding hydrogens is 381 g/mol. The molecule has 0 fully saturated rings. The molecule has 0 aliphatic heterocycles. The quantitative estimate of drug-likeness (QED) is 0.553. The van der Waals surface area contributed by atoms with Crippen LogP contribution in [0, 0.1) is 6.92 Å². The minimum Gasteiger partial charge on any atom is -0.363 e. The van der Waals surface area contributed by atoms with E-state index in [0.29, 0.717) is 5.82 Å². The van der Waals surface area contributed by atoms with Gasteiger partial charge in [0.15, 0.2) is 11.5 Å². The number of anilines is 1. The maximum Gasteiger partial charge on any atom is 0.433 e. The molecule has 0 radical (unpaired) electrons. The number of nitrogens with one attached hydrogen (secondary N) is 1. The monoisotopic (exact) mass is 398 g/mol. The average Bonchev–Trinajstić information content (AvgIpc) is 3.03. The second-order valence-electron chi connectivity index (χ2n) is 6.56. The lowest BCUT2D eigenvalue weighted by molar-refractivity contribution is -0.141. The first-order valence-corrected chi connectivity index (χ1v) is 8.85. The molecule has 1 N–H and O–H groups in total. The standard InChI is InChI=1S/C20H17F3N6/c1-12-6-5-8-13-18(12)29(2)17(26-13)11-25-16-10-15(20(21,22)23)27-19(28-16)14-7-3-4-9-24-14/h3-10H,11H2,1-2H3,(H,25,27,28). The molecule has 9 heteroatoms. The Balaban J connectivity index is 1.68. The summed E-state index contributed by atoms with van der Waals surface area (Å²) in [5, 5.41) is 2.94. The summed E-state index contributed by atoms with van der Waals surface area (Å²) in [4.78, 5) is 16.5. The first-order valence-electron chi connectivity index (χ1n) is 8.85. The zero-order valence-electron chi connectivity index (χ0n) is 15.7. The Morgan fingerprint density at radius 2 is 1.86 bits per heavy atom. The smallest absolute Gasteiger partial charge is 0.363 e. The summed E-state index contributed by atoms with van der Waals surface area (Å²) in [5.74, 6) is 0.640. The average molecular weight is 398 g/mol. The molecule has 0 atom stereocenters. The summed E-state index contributed by atoms with van der Waals surface area (Å²) in [6, 6.07) is 11.6. The third-order valence-corrected chi connectivity index (χ3v) is 4.53. The lowest BCUT2D eigenvalue weighted by Crippen LogP contribution is -2.13. The Morgan fingerprint density at radius 3 is 2.55 bits per heavy atom. The zero-order chi connectivity index (χ0) is 20.6. The van der Waals surface area contributed by atoms with Crippen LogP contribution in [0.4, 0.5) is 19.0 Å². The highest BCUT2D eigenvalue weighted by Crippen LogP contribution is 2.30. The molecule has 148 valence electrons. The molecule has 0 amide bonds. The third-order valence-electron chi connectivity index (χ3n) is 4.53. The van der Waals surface area contributed by atoms with Gasteiger partial charge in [-0.1, -0.05) is 18.2 Å². The van der Waals surface area contributed by atoms with E-state index in [1.54, 1.807) is 18.2 Å². The highest BCUT2D eigenvalue weighted by atomic mass is 19.4. The Hall–Kier alpha value is -3.49. The van der Waals surface area contributed by atoms with Crippen molar-refractivity contribution in [2.24, 2.45) is 7.05 Å². The number of nitrogens with zero attached hydrogens (tertiary/aromatic N) is 5. The predicted molar refractivity (Wildman–Crippen MR) is 103 cm³/mol. The zero-order valence-corrected chi connectivity index (χ0v) is 15.7. The van der Waals surface area contributed by atoms with Crippen LogP contribution in [-0.4, -0.2) is 24.5 Å². The molecule has 29 heavy (non-hydrogen) atoms. The van der Waals surface area contributed by atoms with Gasteiger partial charge in [-0.15, -0.1) is 0 Å². The second kappa shape index (κ2) is 7.16. The Kier molecular flexibility index (Phi) is 4.65. The maximum absolute atomic E-state index is 13.3. The number of imidazole rings is 1. The summed E-state index contributed by atoms with van der Waals surface area (Å²) < 4.78 is 41.9. The molecule has 0 unspecified atom stereocenters. The number of hydrogen-bond donors (Lipinski definition) is 1. The molecule has 4 rings (SSSR count). The van der Waals surface area contributed by atoms with Crippen molar-refractivity contribution in [2.75, 3.05) is 5.32 Å². The van der Waals surface area contributed by atoms with Crippen molar-refractivity contribution in [3.05, 3.63) is 65.7 Å². The predicted octanol–water partition coefficient (Wildman–Crippen LogP) is 4.36. The van der Waals surface area contributed by atoms with Gasteiger partial charge in [0.2, 0.25) is 0 Å². The summed E-state index contributed by atoms with van der Waals surface area (Å²) in [5.41, 5.74) is 2.12. The van der Waals surface area contributed by atoms with E-state index >= 15 is 0 Å². The van der Waals surface area contributed by atoms with Crippen LogP contribution in [0.3, 0.4) is 0 Å². The van der Waals surface area contributed by atoms with Crippen LogP contribution in [0.1, 0.15) is 17.1 Å². The third kappa shape index (κ3) is 3.75. The van der Waals surface area contributed by atoms with E-state index in [1.807, 2.05) is 36.7 Å². The first kappa shape index (κ1) is 18.9. The van der Waals surface area contributed by atoms with Crippen LogP contribution < -0.4 is 5.32 Å². The molecule has 3 heterocycles. The lowest BCUT2D eigenvalue weighted by atomic mass is 10.2. The van der Waals surface area contributed by atoms with Crippen LogP contribution in [0.15, 0.2) is 48.7 Å². The van der Waals surface area contributed by atoms with Crippen LogP contribution in [0.5, 0.6) is 0 Å². The molecule has 0 aliphatic rings. The molecule has 4 aromatic rings. The Bertz CT molecular complexity index is 1170. The van der Waals surface area contributed by atoms with E-state index in [4.69, 9.17) is 0 Å². The fourth-order valence-electron chi connectivity index (χ4n) is 3.13. The number of pyridine rings is 1. The molecule has 1 aromatic carbocycles. The van der Waals surface area contributed by atoms with Crippen LogP contribution in [-0.2, 0) is 19.8 Å². The molecule has 0 saturated carbocycles. The fourth-order valence-corrected chi connectivity index (χ4v) is 3.13. The largest absolute Gasteiger partial charge is 0.433 e. The van der Waals surface area contributed by atoms with Crippen molar-refractivity contribution in [2.45, 2.75) is 19.6 Å². The SMILES string of the molecule is Cc1cccc2nc(CNc3cc(C(F)(F)F)nc(-c4ccccn4)n3)n(C)c12. The van der Waals surface area contributed by atoms with Gasteiger partial charge in [0.25, 0.3) is 0 Å². The van der Waals surface area contributed by atoms with E-state index < -0.39 is 11.9 Å². The van der Waals surface area contributed by atoms with Gasteiger partial charge >= 0.3 is 6.18 Å². The summed E-state index contributed by atoms with van der Waals surface area (Å²) in [6.45, 7) is 2.20. The molecule has 0 saturated heterocycles. The number of aromatic nitrogens is 5. The number of alkyl halides is 3. The van der Waals surface area contributed by atoms with Crippen molar-refractivity contribution in [1.29, 1.82) is 0 Å². The highest BCUT2D eigenvalue weighted by molar-refractivity contribution is 5.79. The molecule has 0 bridgehead atoms. The van der Waals surface area contributed by atoms with E-state index in [0.717, 1.165) is 22.7 Å². The van der Waals surface area contributed by atoms with Gasteiger partial charge < -0.3 is 9.88 Å². The van der Waals surface area contributed by atoms with Gasteiger partial charge in [-0.2, -0.15) is 13.2 Å². The lowest BCUT2D eigenvalue weighted by Gasteiger charge is -2.12. The van der Waals surface area contributed by atoms with Crippen LogP contribution in [0.25, 0.3) is 22.6 Å². The molecular formula is C20H17F3N6. The van der Waals surface area contributed by atoms with Gasteiger partial charge in [0.1, 0.15) is 17.3 Å². The number of rotatable bonds is 4. The fraction of sp³-hybridized carbons (Fsp3) is 0.200. The van der Waals surface area contributed by atoms with E-state index in [1.165, 1.54) is 6.20 Å². The topological polar surface area (TPSA) is 68.5 Å². The maximum atomic E-state index is 13.3. The second-order valence-corrected chi connectivity index (χ2v) is 6.56. The van der Waals surface area contributed by atoms with E-state index in [-0.39, 0.29) is 23.9 Å². The van der Waals surface area contributed by atoms with Crippen molar-refractivity contribution in [3.8, 4) is 11.5 Å². The first-order chi connectivity index (χ1) is 13.8. The summed E-state index contributed by atoms with van der Waals surface area (Å²) >= 11 is 0. The molecule has 6 nitrogen and oxygen atoms in total. The van der Waals surface area contributed by atoms with Gasteiger partial charge in [-0.3, -0.25) is 4.98 Å². The number of aryl methyl sites for hydroxylation is 2. The normalized spacial score (nSPS) is 11.8. The van der Waals surface area contributed by atoms with Crippen molar-refractivity contribution >= 4 is 16.9 Å². The number of benzene rings is 1. The van der Waals surface area contributed by atoms with Crippen LogP contribution >= 0.6 is 0 Å². The van der Waals surface area contributed by atoms with E-state index in [9.17, 15) is 13.2 Å². The summed E-state index contributed by atoms with van der Waals surface area (Å²) in [7, 11) is 1.87. The van der Waals surface area contributed by atoms with E-state index in [2.05, 4.69) is 25.3 Å². The Morgan fingerprint density at radius 1 is 1.03 bits per heavy atom. The molecule has 0 aliphatic carbocycles. The van der Waals surface area contributed by atoms with Crippen molar-refractivity contribution in [3.63, 3.8) is 0 Å². The number of hydrogen-bond acceptors (Lipinski definition) is 5. The molecule has 0 spiro atoms. The van der Waals surface area contributed by atoms with Gasteiger partial charge in [-0.25, -0.2) is 15.0 Å². The number of para-hydroxylation sites is 1. The van der Waals surface area contributed by atoms with Gasteiger partial charge in [0, 0.05) is 19.3 Å². The minimum atomic E-state index is -4.60. The number of fused-ring (bicyclic) bond motifs is 1. The van der Waals surface area contributed by atoms with Crippen LogP contribution in [0.2, 0.25) is 0 Å². The number of halogens is 3. The highest BCUT2D eigenvalue weighted by Gasteiger charge is 2.34. The van der Waals surface area contributed by atoms with Crippen molar-refractivity contribution < 1.29 is 13.2 Å². The van der Waals surface area contributed by atoms with Gasteiger partial charge in [-0.05, 0) is 30.7 Å². The van der Waals surface area contributed by atoms with Crippen molar-refractivity contribution in [1.82, 2.24) is 24.5 Å². The molecule has 3 aromatic heterocycles. The summed E-state index contributed by atoms with van der Waals surface area (Å²) in [6.07, 6.45) is -3.12. The van der Waals surface area contributed by atoms with Gasteiger partial charge in [0.05, 0.1) is 17.6 Å².